The maximum atomic E-state index is 12.7. The molecule has 0 unspecified atom stereocenters. The number of hydrogen-bond donors (Lipinski definition) is 0. The summed E-state index contributed by atoms with van der Waals surface area (Å²) in [4.78, 5) is 11.9. The van der Waals surface area contributed by atoms with Gasteiger partial charge in [0, 0.05) is 0 Å². The van der Waals surface area contributed by atoms with Gasteiger partial charge in [-0.15, -0.1) is 0 Å². The van der Waals surface area contributed by atoms with Gasteiger partial charge in [-0.1, -0.05) is 91.0 Å². The summed E-state index contributed by atoms with van der Waals surface area (Å²) in [5.41, 5.74) is 1.80. The zero-order valence-electron chi connectivity index (χ0n) is 22.1. The number of halogens is 3. The van der Waals surface area contributed by atoms with Crippen molar-refractivity contribution >= 4 is 16.1 Å². The second kappa shape index (κ2) is 11.5. The number of ether oxygens (including phenoxy) is 1. The van der Waals surface area contributed by atoms with E-state index in [9.17, 15) is 26.4 Å². The Morgan fingerprint density at radius 3 is 1.48 bits per heavy atom. The fraction of sp³-hybridized carbons (Fsp3) is 0.0606. The Labute approximate surface area is 240 Å². The lowest BCUT2D eigenvalue weighted by Gasteiger charge is -2.11. The van der Waals surface area contributed by atoms with Crippen LogP contribution in [0.25, 0.3) is 44.5 Å². The number of carbonyl (C=O) groups excluding carboxylic acids is 1. The summed E-state index contributed by atoms with van der Waals surface area (Å²) < 4.78 is 70.1. The number of esters is 1. The molecule has 0 bridgehead atoms. The number of alkyl halides is 3. The van der Waals surface area contributed by atoms with Crippen molar-refractivity contribution in [3.8, 4) is 50.3 Å². The second-order valence-corrected chi connectivity index (χ2v) is 10.9. The number of methoxy groups -OCH3 is 1. The quantitative estimate of drug-likeness (QED) is 0.109. The molecule has 0 aliphatic heterocycles. The molecule has 0 radical (unpaired) electrons. The number of carbonyl (C=O) groups is 1. The lowest BCUT2D eigenvalue weighted by Crippen LogP contribution is -2.28. The molecule has 0 saturated carbocycles. The first-order valence-corrected chi connectivity index (χ1v) is 14.1. The first-order valence-electron chi connectivity index (χ1n) is 12.6. The van der Waals surface area contributed by atoms with Gasteiger partial charge in [0.1, 0.15) is 5.75 Å². The largest absolute Gasteiger partial charge is 0.534 e. The maximum Gasteiger partial charge on any atom is 0.534 e. The minimum atomic E-state index is -5.77. The minimum Gasteiger partial charge on any atom is -0.465 e. The second-order valence-electron chi connectivity index (χ2n) is 9.32. The van der Waals surface area contributed by atoms with E-state index in [0.717, 1.165) is 39.4 Å². The molecular weight excluding hydrogens is 565 g/mol. The third kappa shape index (κ3) is 6.21. The standard InChI is InChI=1S/C33H23F3O5S/c1-40-32(37)30-9-3-6-27(20-30)25-17-13-23(14-18-25)22-11-15-24(16-12-22)26-5-2-7-28(19-26)29-8-4-10-31(21-29)41-42(38,39)33(34,35)36/h2-21H,1H3. The van der Waals surface area contributed by atoms with E-state index in [2.05, 4.69) is 4.18 Å². The van der Waals surface area contributed by atoms with Crippen molar-refractivity contribution in [3.63, 3.8) is 0 Å². The average molecular weight is 589 g/mol. The van der Waals surface area contributed by atoms with Crippen LogP contribution in [0.3, 0.4) is 0 Å². The molecule has 0 fully saturated rings. The summed E-state index contributed by atoms with van der Waals surface area (Å²) in [5, 5.41) is 0. The molecule has 0 N–H and O–H groups in total. The molecular formula is C33H23F3O5S. The summed E-state index contributed by atoms with van der Waals surface area (Å²) in [7, 11) is -4.42. The number of rotatable bonds is 7. The predicted octanol–water partition coefficient (Wildman–Crippen LogP) is 8.37. The van der Waals surface area contributed by atoms with Gasteiger partial charge in [-0.05, 0) is 74.8 Å². The van der Waals surface area contributed by atoms with Crippen LogP contribution in [0.2, 0.25) is 0 Å². The van der Waals surface area contributed by atoms with Crippen molar-refractivity contribution in [2.75, 3.05) is 7.11 Å². The van der Waals surface area contributed by atoms with Crippen molar-refractivity contribution < 1.29 is 35.3 Å². The van der Waals surface area contributed by atoms with Gasteiger partial charge >= 0.3 is 21.6 Å². The van der Waals surface area contributed by atoms with E-state index in [-0.39, 0.29) is 0 Å². The van der Waals surface area contributed by atoms with Gasteiger partial charge in [0.05, 0.1) is 12.7 Å². The summed E-state index contributed by atoms with van der Waals surface area (Å²) >= 11 is 0. The van der Waals surface area contributed by atoms with Crippen LogP contribution >= 0.6 is 0 Å². The minimum absolute atomic E-state index is 0.391. The molecule has 0 aliphatic carbocycles. The zero-order valence-corrected chi connectivity index (χ0v) is 22.9. The SMILES string of the molecule is COC(=O)c1cccc(-c2ccc(-c3ccc(-c4cccc(-c5cccc(OS(=O)(=O)C(F)(F)F)c5)c4)cc3)cc2)c1. The lowest BCUT2D eigenvalue weighted by atomic mass is 9.96. The van der Waals surface area contributed by atoms with E-state index in [1.807, 2.05) is 78.9 Å². The first-order chi connectivity index (χ1) is 20.0. The Kier molecular flexibility index (Phi) is 7.87. The van der Waals surface area contributed by atoms with Crippen LogP contribution in [0.1, 0.15) is 10.4 Å². The summed E-state index contributed by atoms with van der Waals surface area (Å²) in [5.74, 6) is -0.820. The monoisotopic (exact) mass is 588 g/mol. The molecule has 212 valence electrons. The van der Waals surface area contributed by atoms with E-state index < -0.39 is 27.3 Å². The molecule has 5 nitrogen and oxygen atoms in total. The van der Waals surface area contributed by atoms with Crippen LogP contribution in [-0.4, -0.2) is 27.0 Å². The normalized spacial score (nSPS) is 11.6. The molecule has 9 heteroatoms. The Morgan fingerprint density at radius 1 is 0.571 bits per heavy atom. The summed E-state index contributed by atoms with van der Waals surface area (Å²) in [6.07, 6.45) is 0. The fourth-order valence-electron chi connectivity index (χ4n) is 4.43. The molecule has 0 amide bonds. The predicted molar refractivity (Wildman–Crippen MR) is 155 cm³/mol. The highest BCUT2D eigenvalue weighted by molar-refractivity contribution is 7.88. The highest BCUT2D eigenvalue weighted by Crippen LogP contribution is 2.33. The lowest BCUT2D eigenvalue weighted by molar-refractivity contribution is -0.0500. The Morgan fingerprint density at radius 2 is 0.976 bits per heavy atom. The van der Waals surface area contributed by atoms with Crippen LogP contribution in [-0.2, 0) is 14.9 Å². The van der Waals surface area contributed by atoms with Crippen LogP contribution < -0.4 is 4.18 Å². The molecule has 0 atom stereocenters. The summed E-state index contributed by atoms with van der Waals surface area (Å²) in [6.45, 7) is 0. The molecule has 5 rings (SSSR count). The van der Waals surface area contributed by atoms with Crippen molar-refractivity contribution in [2.24, 2.45) is 0 Å². The Balaban J connectivity index is 1.34. The van der Waals surface area contributed by atoms with Gasteiger partial charge in [-0.25, -0.2) is 4.79 Å². The molecule has 0 spiro atoms. The zero-order chi connectivity index (χ0) is 29.9. The van der Waals surface area contributed by atoms with E-state index in [1.165, 1.54) is 19.2 Å². The van der Waals surface area contributed by atoms with Gasteiger partial charge in [0.25, 0.3) is 0 Å². The third-order valence-corrected chi connectivity index (χ3v) is 7.55. The third-order valence-electron chi connectivity index (χ3n) is 6.57. The average Bonchev–Trinajstić information content (AvgIpc) is 3.00. The van der Waals surface area contributed by atoms with Gasteiger partial charge in [0.15, 0.2) is 0 Å². The van der Waals surface area contributed by atoms with Gasteiger partial charge < -0.3 is 8.92 Å². The molecule has 42 heavy (non-hydrogen) atoms. The highest BCUT2D eigenvalue weighted by Gasteiger charge is 2.48. The Bertz CT molecular complexity index is 1850. The van der Waals surface area contributed by atoms with Crippen LogP contribution in [0.5, 0.6) is 5.75 Å². The van der Waals surface area contributed by atoms with E-state index in [4.69, 9.17) is 4.74 Å². The smallest absolute Gasteiger partial charge is 0.465 e. The summed E-state index contributed by atoms with van der Waals surface area (Å²) in [6, 6.07) is 36.0. The van der Waals surface area contributed by atoms with Gasteiger partial charge in [0.2, 0.25) is 0 Å². The Hall–Kier alpha value is -4.89. The van der Waals surface area contributed by atoms with Crippen LogP contribution in [0.15, 0.2) is 121 Å². The van der Waals surface area contributed by atoms with Gasteiger partial charge in [-0.3, -0.25) is 0 Å². The van der Waals surface area contributed by atoms with E-state index in [1.54, 1.807) is 24.3 Å². The van der Waals surface area contributed by atoms with Crippen molar-refractivity contribution in [1.82, 2.24) is 0 Å². The molecule has 0 aliphatic rings. The van der Waals surface area contributed by atoms with Crippen molar-refractivity contribution in [2.45, 2.75) is 5.51 Å². The fourth-order valence-corrected chi connectivity index (χ4v) is 4.89. The molecule has 0 saturated heterocycles. The van der Waals surface area contributed by atoms with Crippen molar-refractivity contribution in [3.05, 3.63) is 127 Å². The first kappa shape index (κ1) is 28.6. The topological polar surface area (TPSA) is 69.7 Å². The number of hydrogen-bond acceptors (Lipinski definition) is 5. The molecule has 0 aromatic heterocycles. The van der Waals surface area contributed by atoms with Crippen LogP contribution in [0.4, 0.5) is 13.2 Å². The van der Waals surface area contributed by atoms with Crippen molar-refractivity contribution in [1.29, 1.82) is 0 Å². The number of benzene rings is 5. The van der Waals surface area contributed by atoms with E-state index in [0.29, 0.717) is 16.7 Å². The molecule has 5 aromatic rings. The van der Waals surface area contributed by atoms with Crippen LogP contribution in [0, 0.1) is 0 Å². The maximum absolute atomic E-state index is 12.7. The highest BCUT2D eigenvalue weighted by atomic mass is 32.2. The van der Waals surface area contributed by atoms with Gasteiger partial charge in [-0.2, -0.15) is 21.6 Å². The molecule has 0 heterocycles. The molecule has 5 aromatic carbocycles. The van der Waals surface area contributed by atoms with E-state index >= 15 is 0 Å².